The average Bonchev–Trinajstić information content (AvgIpc) is 2.48. The third-order valence-corrected chi connectivity index (χ3v) is 4.99. The zero-order valence-corrected chi connectivity index (χ0v) is 12.7. The van der Waals surface area contributed by atoms with E-state index in [2.05, 4.69) is 5.32 Å². The van der Waals surface area contributed by atoms with Gasteiger partial charge in [0.15, 0.2) is 0 Å². The molecule has 128 valence electrons. The van der Waals surface area contributed by atoms with Gasteiger partial charge in [-0.1, -0.05) is 0 Å². The smallest absolute Gasteiger partial charge is 0.389 e. The average molecular weight is 332 g/mol. The number of fused-ring (bicyclic) bond motifs is 1. The van der Waals surface area contributed by atoms with E-state index in [1.165, 1.54) is 0 Å². The van der Waals surface area contributed by atoms with Crippen LogP contribution in [0.2, 0.25) is 0 Å². The molecular formula is C16H20F4N2O. The fourth-order valence-corrected chi connectivity index (χ4v) is 3.55. The molecule has 0 aliphatic carbocycles. The van der Waals surface area contributed by atoms with Gasteiger partial charge in [0.25, 0.3) is 0 Å². The lowest BCUT2D eigenvalue weighted by Crippen LogP contribution is -2.58. The summed E-state index contributed by atoms with van der Waals surface area (Å²) in [5, 5.41) is 13.8. The minimum absolute atomic E-state index is 0.0267. The summed E-state index contributed by atoms with van der Waals surface area (Å²) in [4.78, 5) is 1.92. The van der Waals surface area contributed by atoms with Crippen LogP contribution in [0.3, 0.4) is 0 Å². The molecule has 0 amide bonds. The van der Waals surface area contributed by atoms with Gasteiger partial charge >= 0.3 is 6.18 Å². The molecule has 1 aromatic carbocycles. The molecule has 23 heavy (non-hydrogen) atoms. The number of benzene rings is 1. The largest absolute Gasteiger partial charge is 0.416 e. The zero-order valence-electron chi connectivity index (χ0n) is 12.7. The van der Waals surface area contributed by atoms with Crippen LogP contribution < -0.4 is 5.32 Å². The van der Waals surface area contributed by atoms with Gasteiger partial charge in [-0.25, -0.2) is 4.39 Å². The summed E-state index contributed by atoms with van der Waals surface area (Å²) in [6.45, 7) is 2.69. The van der Waals surface area contributed by atoms with Gasteiger partial charge < -0.3 is 10.4 Å². The van der Waals surface area contributed by atoms with Crippen molar-refractivity contribution in [3.63, 3.8) is 0 Å². The monoisotopic (exact) mass is 332 g/mol. The lowest BCUT2D eigenvalue weighted by atomic mass is 9.76. The maximum atomic E-state index is 13.9. The molecule has 2 N–H and O–H groups in total. The Kier molecular flexibility index (Phi) is 4.37. The van der Waals surface area contributed by atoms with E-state index >= 15 is 0 Å². The Morgan fingerprint density at radius 1 is 1.30 bits per heavy atom. The highest BCUT2D eigenvalue weighted by Gasteiger charge is 2.42. The maximum Gasteiger partial charge on any atom is 0.416 e. The number of aliphatic hydroxyl groups is 1. The van der Waals surface area contributed by atoms with Gasteiger partial charge in [0.1, 0.15) is 5.82 Å². The zero-order chi connectivity index (χ0) is 16.7. The van der Waals surface area contributed by atoms with Crippen molar-refractivity contribution < 1.29 is 22.7 Å². The van der Waals surface area contributed by atoms with Crippen molar-refractivity contribution in [3.8, 4) is 0 Å². The molecule has 2 fully saturated rings. The first kappa shape index (κ1) is 16.7. The van der Waals surface area contributed by atoms with E-state index in [-0.39, 0.29) is 18.0 Å². The normalized spacial score (nSPS) is 29.3. The molecule has 3 nitrogen and oxygen atoms in total. The Bertz CT molecular complexity index is 578. The number of halogens is 4. The SMILES string of the molecule is O[C@]12CCNC[C@H]1CN(Cc1cc(C(F)(F)F)ccc1F)CC2. The molecule has 2 atom stereocenters. The number of piperidine rings is 2. The van der Waals surface area contributed by atoms with Gasteiger partial charge in [-0.05, 0) is 37.6 Å². The second-order valence-corrected chi connectivity index (χ2v) is 6.54. The standard InChI is InChI=1S/C16H20F4N2O/c17-14-2-1-12(16(18,19)20)7-11(14)9-22-6-4-15(23)3-5-21-8-13(15)10-22/h1-2,7,13,21,23H,3-6,8-10H2/t13-,15-/m0/s1. The van der Waals surface area contributed by atoms with Crippen LogP contribution in [0.4, 0.5) is 17.6 Å². The molecule has 0 spiro atoms. The molecule has 2 saturated heterocycles. The van der Waals surface area contributed by atoms with Gasteiger partial charge in [-0.15, -0.1) is 0 Å². The third-order valence-electron chi connectivity index (χ3n) is 4.99. The second-order valence-electron chi connectivity index (χ2n) is 6.54. The first-order chi connectivity index (χ1) is 10.8. The molecule has 2 aliphatic rings. The Balaban J connectivity index is 1.73. The maximum absolute atomic E-state index is 13.9. The van der Waals surface area contributed by atoms with Crippen LogP contribution in [0.25, 0.3) is 0 Å². The summed E-state index contributed by atoms with van der Waals surface area (Å²) in [7, 11) is 0. The molecule has 7 heteroatoms. The van der Waals surface area contributed by atoms with Crippen molar-refractivity contribution in [2.24, 2.45) is 5.92 Å². The molecule has 2 heterocycles. The fourth-order valence-electron chi connectivity index (χ4n) is 3.55. The summed E-state index contributed by atoms with van der Waals surface area (Å²) >= 11 is 0. The molecule has 2 aliphatic heterocycles. The van der Waals surface area contributed by atoms with Gasteiger partial charge in [-0.3, -0.25) is 4.90 Å². The molecule has 1 aromatic rings. The molecule has 0 bridgehead atoms. The highest BCUT2D eigenvalue weighted by Crippen LogP contribution is 2.34. The van der Waals surface area contributed by atoms with Crippen LogP contribution in [-0.2, 0) is 12.7 Å². The van der Waals surface area contributed by atoms with E-state index in [1.807, 2.05) is 4.90 Å². The van der Waals surface area contributed by atoms with Crippen LogP contribution in [0, 0.1) is 11.7 Å². The van der Waals surface area contributed by atoms with Crippen molar-refractivity contribution in [2.75, 3.05) is 26.2 Å². The molecule has 3 rings (SSSR count). The number of alkyl halides is 3. The lowest BCUT2D eigenvalue weighted by molar-refractivity contribution is -0.137. The topological polar surface area (TPSA) is 35.5 Å². The van der Waals surface area contributed by atoms with E-state index in [0.29, 0.717) is 32.5 Å². The second kappa shape index (κ2) is 6.03. The van der Waals surface area contributed by atoms with E-state index in [4.69, 9.17) is 0 Å². The van der Waals surface area contributed by atoms with Crippen molar-refractivity contribution >= 4 is 0 Å². The fraction of sp³-hybridized carbons (Fsp3) is 0.625. The van der Waals surface area contributed by atoms with Gasteiger partial charge in [0.2, 0.25) is 0 Å². The summed E-state index contributed by atoms with van der Waals surface area (Å²) in [6.07, 6.45) is -3.22. The molecule has 0 unspecified atom stereocenters. The summed E-state index contributed by atoms with van der Waals surface area (Å²) < 4.78 is 52.2. The molecule has 0 radical (unpaired) electrons. The Labute approximate surface area is 132 Å². The number of nitrogens with zero attached hydrogens (tertiary/aromatic N) is 1. The molecular weight excluding hydrogens is 312 g/mol. The number of rotatable bonds is 2. The Morgan fingerprint density at radius 2 is 2.09 bits per heavy atom. The van der Waals surface area contributed by atoms with Gasteiger partial charge in [0.05, 0.1) is 11.2 Å². The third kappa shape index (κ3) is 3.51. The highest BCUT2D eigenvalue weighted by molar-refractivity contribution is 5.27. The van der Waals surface area contributed by atoms with Crippen molar-refractivity contribution in [3.05, 3.63) is 35.1 Å². The number of nitrogens with one attached hydrogen (secondary N) is 1. The van der Waals surface area contributed by atoms with Crippen LogP contribution >= 0.6 is 0 Å². The van der Waals surface area contributed by atoms with E-state index in [9.17, 15) is 22.7 Å². The minimum atomic E-state index is -4.47. The minimum Gasteiger partial charge on any atom is -0.389 e. The van der Waals surface area contributed by atoms with E-state index in [1.54, 1.807) is 0 Å². The van der Waals surface area contributed by atoms with Crippen LogP contribution in [0.1, 0.15) is 24.0 Å². The highest BCUT2D eigenvalue weighted by atomic mass is 19.4. The van der Waals surface area contributed by atoms with E-state index in [0.717, 1.165) is 24.7 Å². The quantitative estimate of drug-likeness (QED) is 0.817. The first-order valence-electron chi connectivity index (χ1n) is 7.79. The Morgan fingerprint density at radius 3 is 2.83 bits per heavy atom. The lowest BCUT2D eigenvalue weighted by Gasteiger charge is -2.47. The molecule has 0 saturated carbocycles. The first-order valence-corrected chi connectivity index (χ1v) is 7.79. The Hall–Kier alpha value is -1.18. The van der Waals surface area contributed by atoms with Crippen molar-refractivity contribution in [2.45, 2.75) is 31.2 Å². The van der Waals surface area contributed by atoms with Gasteiger partial charge in [-0.2, -0.15) is 13.2 Å². The number of hydrogen-bond donors (Lipinski definition) is 2. The summed E-state index contributed by atoms with van der Waals surface area (Å²) in [6, 6.07) is 2.52. The number of likely N-dealkylation sites (tertiary alicyclic amines) is 1. The summed E-state index contributed by atoms with van der Waals surface area (Å²) in [5.74, 6) is -0.598. The van der Waals surface area contributed by atoms with Gasteiger partial charge in [0, 0.05) is 37.7 Å². The van der Waals surface area contributed by atoms with Crippen molar-refractivity contribution in [1.29, 1.82) is 0 Å². The predicted octanol–water partition coefficient (Wildman–Crippen LogP) is 2.39. The molecule has 0 aromatic heterocycles. The predicted molar refractivity (Wildman–Crippen MR) is 77.2 cm³/mol. The van der Waals surface area contributed by atoms with Crippen molar-refractivity contribution in [1.82, 2.24) is 10.2 Å². The van der Waals surface area contributed by atoms with E-state index < -0.39 is 23.2 Å². The number of hydrogen-bond acceptors (Lipinski definition) is 3. The van der Waals surface area contributed by atoms with Crippen LogP contribution in [0.5, 0.6) is 0 Å². The van der Waals surface area contributed by atoms with Crippen LogP contribution in [0.15, 0.2) is 18.2 Å². The van der Waals surface area contributed by atoms with Crippen LogP contribution in [-0.4, -0.2) is 41.8 Å². The summed E-state index contributed by atoms with van der Waals surface area (Å²) in [5.41, 5.74) is -1.48.